The van der Waals surface area contributed by atoms with Crippen LogP contribution in [0.25, 0.3) is 0 Å². The van der Waals surface area contributed by atoms with Crippen molar-refractivity contribution in [3.8, 4) is 0 Å². The van der Waals surface area contributed by atoms with E-state index in [0.717, 1.165) is 6.42 Å². The summed E-state index contributed by atoms with van der Waals surface area (Å²) in [6.45, 7) is 4.90. The van der Waals surface area contributed by atoms with Crippen LogP contribution in [0.3, 0.4) is 0 Å². The van der Waals surface area contributed by atoms with Crippen LogP contribution in [0.15, 0.2) is 0 Å². The average Bonchev–Trinajstić information content (AvgIpc) is 2.86. The summed E-state index contributed by atoms with van der Waals surface area (Å²) in [6, 6.07) is 0. The lowest BCUT2D eigenvalue weighted by Crippen LogP contribution is -2.62. The molecule has 0 aromatic rings. The molecule has 120 valence electrons. The topological polar surface area (TPSA) is 40.5 Å². The normalized spacial score (nSPS) is 60.0. The standard InChI is InChI=1S/C19H32O2/c1-18-9-5-7-12(18)15-13(8-11-18)19(2)10-4-3-6-14(19)16(20)17(15)21/h12-17,20-21H,3-11H2,1-2H3. The number of hydrogen-bond donors (Lipinski definition) is 2. The zero-order chi connectivity index (χ0) is 14.8. The maximum Gasteiger partial charge on any atom is 0.0835 e. The van der Waals surface area contributed by atoms with Gasteiger partial charge in [-0.3, -0.25) is 0 Å². The van der Waals surface area contributed by atoms with Crippen LogP contribution in [0.5, 0.6) is 0 Å². The zero-order valence-electron chi connectivity index (χ0n) is 13.7. The number of hydrogen-bond acceptors (Lipinski definition) is 2. The summed E-state index contributed by atoms with van der Waals surface area (Å²) in [7, 11) is 0. The van der Waals surface area contributed by atoms with Gasteiger partial charge in [0.05, 0.1) is 12.2 Å². The van der Waals surface area contributed by atoms with Crippen molar-refractivity contribution >= 4 is 0 Å². The van der Waals surface area contributed by atoms with E-state index in [-0.39, 0.29) is 5.41 Å². The van der Waals surface area contributed by atoms with Gasteiger partial charge in [-0.15, -0.1) is 0 Å². The summed E-state index contributed by atoms with van der Waals surface area (Å²) in [5.74, 6) is 2.01. The van der Waals surface area contributed by atoms with Crippen LogP contribution in [0.2, 0.25) is 0 Å². The van der Waals surface area contributed by atoms with Gasteiger partial charge >= 0.3 is 0 Å². The van der Waals surface area contributed by atoms with Gasteiger partial charge < -0.3 is 10.2 Å². The van der Waals surface area contributed by atoms with Gasteiger partial charge in [0.1, 0.15) is 0 Å². The maximum absolute atomic E-state index is 10.9. The molecule has 4 rings (SSSR count). The predicted octanol–water partition coefficient (Wildman–Crippen LogP) is 3.75. The minimum absolute atomic E-state index is 0.283. The fourth-order valence-electron chi connectivity index (χ4n) is 7.30. The van der Waals surface area contributed by atoms with Crippen LogP contribution in [0.4, 0.5) is 0 Å². The lowest BCUT2D eigenvalue weighted by Gasteiger charge is -2.62. The Morgan fingerprint density at radius 1 is 0.714 bits per heavy atom. The third-order valence-corrected chi connectivity index (χ3v) is 8.45. The molecule has 4 fully saturated rings. The quantitative estimate of drug-likeness (QED) is 0.714. The Labute approximate surface area is 129 Å². The highest BCUT2D eigenvalue weighted by molar-refractivity contribution is 5.11. The van der Waals surface area contributed by atoms with Crippen molar-refractivity contribution in [2.75, 3.05) is 0 Å². The summed E-state index contributed by atoms with van der Waals surface area (Å²) >= 11 is 0. The van der Waals surface area contributed by atoms with E-state index in [1.54, 1.807) is 0 Å². The average molecular weight is 292 g/mol. The van der Waals surface area contributed by atoms with Crippen LogP contribution in [0, 0.1) is 34.5 Å². The highest BCUT2D eigenvalue weighted by Gasteiger charge is 2.62. The summed E-state index contributed by atoms with van der Waals surface area (Å²) in [6.07, 6.45) is 10.6. The number of fused-ring (bicyclic) bond motifs is 5. The molecule has 0 bridgehead atoms. The minimum Gasteiger partial charge on any atom is -0.390 e. The second kappa shape index (κ2) is 4.71. The second-order valence-electron chi connectivity index (χ2n) is 9.21. The molecule has 2 N–H and O–H groups in total. The van der Waals surface area contributed by atoms with E-state index in [4.69, 9.17) is 0 Å². The van der Waals surface area contributed by atoms with Crippen LogP contribution in [0.1, 0.15) is 71.6 Å². The van der Waals surface area contributed by atoms with Crippen LogP contribution in [-0.2, 0) is 0 Å². The van der Waals surface area contributed by atoms with Crippen molar-refractivity contribution < 1.29 is 10.2 Å². The fourth-order valence-corrected chi connectivity index (χ4v) is 7.30. The summed E-state index contributed by atoms with van der Waals surface area (Å²) in [4.78, 5) is 0. The first-order valence-electron chi connectivity index (χ1n) is 9.33. The molecule has 0 spiro atoms. The van der Waals surface area contributed by atoms with Crippen molar-refractivity contribution in [1.82, 2.24) is 0 Å². The van der Waals surface area contributed by atoms with E-state index in [0.29, 0.717) is 29.1 Å². The minimum atomic E-state index is -0.473. The SMILES string of the molecule is CC12CCCC1C1C(O)C(O)C3CCCCC3(C)C1CC2. The summed E-state index contributed by atoms with van der Waals surface area (Å²) in [5.41, 5.74) is 0.727. The molecule has 0 aliphatic heterocycles. The van der Waals surface area contributed by atoms with E-state index in [9.17, 15) is 10.2 Å². The number of aliphatic hydroxyl groups excluding tert-OH is 2. The Balaban J connectivity index is 1.73. The zero-order valence-corrected chi connectivity index (χ0v) is 13.7. The molecule has 0 amide bonds. The fraction of sp³-hybridized carbons (Fsp3) is 1.00. The third kappa shape index (κ3) is 1.84. The molecule has 0 heterocycles. The van der Waals surface area contributed by atoms with Crippen LogP contribution >= 0.6 is 0 Å². The van der Waals surface area contributed by atoms with E-state index in [1.807, 2.05) is 0 Å². The molecule has 4 aliphatic carbocycles. The lowest BCUT2D eigenvalue weighted by atomic mass is 9.44. The Bertz CT molecular complexity index is 422. The second-order valence-corrected chi connectivity index (χ2v) is 9.21. The lowest BCUT2D eigenvalue weighted by molar-refractivity contribution is -0.211. The smallest absolute Gasteiger partial charge is 0.0835 e. The first kappa shape index (κ1) is 14.5. The molecule has 2 nitrogen and oxygen atoms in total. The number of rotatable bonds is 0. The van der Waals surface area contributed by atoms with Gasteiger partial charge in [-0.25, -0.2) is 0 Å². The predicted molar refractivity (Wildman–Crippen MR) is 83.7 cm³/mol. The van der Waals surface area contributed by atoms with Gasteiger partial charge in [0.2, 0.25) is 0 Å². The first-order valence-corrected chi connectivity index (χ1v) is 9.33. The van der Waals surface area contributed by atoms with E-state index in [1.165, 1.54) is 51.4 Å². The van der Waals surface area contributed by atoms with Crippen LogP contribution < -0.4 is 0 Å². The molecule has 0 aromatic heterocycles. The molecule has 2 heteroatoms. The van der Waals surface area contributed by atoms with Crippen molar-refractivity contribution in [1.29, 1.82) is 0 Å². The maximum atomic E-state index is 10.9. The van der Waals surface area contributed by atoms with Gasteiger partial charge in [-0.2, -0.15) is 0 Å². The van der Waals surface area contributed by atoms with Gasteiger partial charge in [0.25, 0.3) is 0 Å². The number of aliphatic hydroxyl groups is 2. The monoisotopic (exact) mass is 292 g/mol. The summed E-state index contributed by atoms with van der Waals surface area (Å²) in [5, 5.41) is 21.8. The third-order valence-electron chi connectivity index (χ3n) is 8.45. The molecule has 4 aliphatic rings. The Morgan fingerprint density at radius 3 is 2.29 bits per heavy atom. The Morgan fingerprint density at radius 2 is 1.48 bits per heavy atom. The Hall–Kier alpha value is -0.0800. The van der Waals surface area contributed by atoms with Gasteiger partial charge in [-0.05, 0) is 73.0 Å². The van der Waals surface area contributed by atoms with Crippen molar-refractivity contribution in [3.05, 3.63) is 0 Å². The summed E-state index contributed by atoms with van der Waals surface area (Å²) < 4.78 is 0. The van der Waals surface area contributed by atoms with E-state index < -0.39 is 12.2 Å². The highest BCUT2D eigenvalue weighted by atomic mass is 16.3. The van der Waals surface area contributed by atoms with Crippen molar-refractivity contribution in [2.24, 2.45) is 34.5 Å². The largest absolute Gasteiger partial charge is 0.390 e. The Kier molecular flexibility index (Phi) is 3.25. The van der Waals surface area contributed by atoms with E-state index in [2.05, 4.69) is 13.8 Å². The van der Waals surface area contributed by atoms with Gasteiger partial charge in [0.15, 0.2) is 0 Å². The highest BCUT2D eigenvalue weighted by Crippen LogP contribution is 2.66. The van der Waals surface area contributed by atoms with E-state index >= 15 is 0 Å². The molecule has 0 saturated heterocycles. The van der Waals surface area contributed by atoms with Gasteiger partial charge in [0, 0.05) is 0 Å². The molecular formula is C19H32O2. The van der Waals surface area contributed by atoms with Gasteiger partial charge in [-0.1, -0.05) is 33.1 Å². The molecule has 0 aromatic carbocycles. The molecule has 21 heavy (non-hydrogen) atoms. The molecular weight excluding hydrogens is 260 g/mol. The first-order chi connectivity index (χ1) is 9.97. The van der Waals surface area contributed by atoms with Crippen molar-refractivity contribution in [3.63, 3.8) is 0 Å². The molecule has 8 atom stereocenters. The molecule has 8 unspecified atom stereocenters. The van der Waals surface area contributed by atoms with Crippen LogP contribution in [-0.4, -0.2) is 22.4 Å². The molecule has 0 radical (unpaired) electrons. The van der Waals surface area contributed by atoms with Crippen molar-refractivity contribution in [2.45, 2.75) is 83.8 Å². The molecule has 4 saturated carbocycles.